The molecular weight excluding hydrogens is 275 g/mol. The minimum atomic E-state index is -1.11. The second kappa shape index (κ2) is 6.56. The molecule has 0 aliphatic heterocycles. The molecule has 5 nitrogen and oxygen atoms in total. The largest absolute Gasteiger partial charge is 0.480 e. The average molecular weight is 296 g/mol. The smallest absolute Gasteiger partial charge is 0.325 e. The average Bonchev–Trinajstić information content (AvgIpc) is 2.37. The van der Waals surface area contributed by atoms with Gasteiger partial charge < -0.3 is 10.0 Å². The van der Waals surface area contributed by atoms with E-state index in [4.69, 9.17) is 5.11 Å². The fourth-order valence-electron chi connectivity index (χ4n) is 1.95. The van der Waals surface area contributed by atoms with Gasteiger partial charge >= 0.3 is 12.0 Å². The van der Waals surface area contributed by atoms with E-state index < -0.39 is 29.9 Å². The molecule has 0 aliphatic carbocycles. The van der Waals surface area contributed by atoms with Crippen LogP contribution in [0.15, 0.2) is 24.3 Å². The lowest BCUT2D eigenvalue weighted by Crippen LogP contribution is -2.54. The molecule has 2 amide bonds. The highest BCUT2D eigenvalue weighted by atomic mass is 19.1. The summed E-state index contributed by atoms with van der Waals surface area (Å²) >= 11 is 0. The number of urea groups is 1. The summed E-state index contributed by atoms with van der Waals surface area (Å²) < 4.78 is 13.9. The van der Waals surface area contributed by atoms with E-state index in [2.05, 4.69) is 0 Å². The second-order valence-corrected chi connectivity index (χ2v) is 5.63. The van der Waals surface area contributed by atoms with Crippen molar-refractivity contribution in [1.82, 2.24) is 4.90 Å². The molecule has 0 bridgehead atoms. The van der Waals surface area contributed by atoms with Gasteiger partial charge in [0.1, 0.15) is 12.4 Å². The van der Waals surface area contributed by atoms with E-state index in [0.717, 1.165) is 0 Å². The van der Waals surface area contributed by atoms with Gasteiger partial charge in [-0.2, -0.15) is 0 Å². The maximum atomic E-state index is 13.9. The van der Waals surface area contributed by atoms with Crippen molar-refractivity contribution in [1.29, 1.82) is 0 Å². The first kappa shape index (κ1) is 16.9. The highest BCUT2D eigenvalue weighted by molar-refractivity contribution is 5.94. The summed E-state index contributed by atoms with van der Waals surface area (Å²) in [6.07, 6.45) is 0. The van der Waals surface area contributed by atoms with Crippen LogP contribution in [-0.4, -0.2) is 40.6 Å². The standard InChI is InChI=1S/C15H21FN2O3/c1-5-17(12-9-7-6-8-11(12)16)14(21)18(10-13(19)20)15(2,3)4/h6-9H,5,10H2,1-4H3,(H,19,20). The molecule has 0 unspecified atom stereocenters. The van der Waals surface area contributed by atoms with Gasteiger partial charge in [0.25, 0.3) is 0 Å². The zero-order chi connectivity index (χ0) is 16.2. The van der Waals surface area contributed by atoms with Crippen LogP contribution in [0.1, 0.15) is 27.7 Å². The Bertz CT molecular complexity index is 526. The Balaban J connectivity index is 3.16. The molecule has 6 heteroatoms. The molecule has 0 atom stereocenters. The number of rotatable bonds is 4. The first-order chi connectivity index (χ1) is 9.68. The maximum absolute atomic E-state index is 13.9. The fourth-order valence-corrected chi connectivity index (χ4v) is 1.95. The first-order valence-corrected chi connectivity index (χ1v) is 6.74. The van der Waals surface area contributed by atoms with Crippen LogP contribution in [0.2, 0.25) is 0 Å². The molecular formula is C15H21FN2O3. The van der Waals surface area contributed by atoms with Gasteiger partial charge in [0.05, 0.1) is 5.69 Å². The number of hydrogen-bond donors (Lipinski definition) is 1. The third kappa shape index (κ3) is 4.18. The molecule has 1 aromatic carbocycles. The van der Waals surface area contributed by atoms with Crippen LogP contribution in [-0.2, 0) is 4.79 Å². The number of halogens is 1. The van der Waals surface area contributed by atoms with Crippen LogP contribution in [0.25, 0.3) is 0 Å². The molecule has 0 fully saturated rings. The topological polar surface area (TPSA) is 60.9 Å². The highest BCUT2D eigenvalue weighted by Gasteiger charge is 2.32. The van der Waals surface area contributed by atoms with E-state index in [1.165, 1.54) is 28.0 Å². The van der Waals surface area contributed by atoms with E-state index in [1.54, 1.807) is 33.8 Å². The second-order valence-electron chi connectivity index (χ2n) is 5.63. The Morgan fingerprint density at radius 3 is 2.24 bits per heavy atom. The normalized spacial score (nSPS) is 11.1. The number of nitrogens with zero attached hydrogens (tertiary/aromatic N) is 2. The van der Waals surface area contributed by atoms with E-state index >= 15 is 0 Å². The minimum absolute atomic E-state index is 0.143. The van der Waals surface area contributed by atoms with Gasteiger partial charge in [-0.1, -0.05) is 12.1 Å². The SMILES string of the molecule is CCN(C(=O)N(CC(=O)O)C(C)(C)C)c1ccccc1F. The summed E-state index contributed by atoms with van der Waals surface area (Å²) in [4.78, 5) is 26.1. The van der Waals surface area contributed by atoms with Crippen molar-refractivity contribution < 1.29 is 19.1 Å². The van der Waals surface area contributed by atoms with Crippen LogP contribution in [0.4, 0.5) is 14.9 Å². The number of carboxylic acid groups (broad SMARTS) is 1. The molecule has 0 radical (unpaired) electrons. The minimum Gasteiger partial charge on any atom is -0.480 e. The number of anilines is 1. The molecule has 0 saturated carbocycles. The fraction of sp³-hybridized carbons (Fsp3) is 0.467. The number of hydrogen-bond acceptors (Lipinski definition) is 2. The molecule has 1 N–H and O–H groups in total. The number of carbonyl (C=O) groups excluding carboxylic acids is 1. The summed E-state index contributed by atoms with van der Waals surface area (Å²) in [6.45, 7) is 6.74. The summed E-state index contributed by atoms with van der Waals surface area (Å²) in [6, 6.07) is 5.41. The first-order valence-electron chi connectivity index (χ1n) is 6.74. The molecule has 0 spiro atoms. The van der Waals surface area contributed by atoms with Gasteiger partial charge in [0, 0.05) is 12.1 Å². The van der Waals surface area contributed by atoms with Crippen molar-refractivity contribution in [2.24, 2.45) is 0 Å². The lowest BCUT2D eigenvalue weighted by Gasteiger charge is -2.38. The lowest BCUT2D eigenvalue weighted by atomic mass is 10.1. The summed E-state index contributed by atoms with van der Waals surface area (Å²) in [7, 11) is 0. The highest BCUT2D eigenvalue weighted by Crippen LogP contribution is 2.23. The summed E-state index contributed by atoms with van der Waals surface area (Å²) in [5.41, 5.74) is -0.543. The maximum Gasteiger partial charge on any atom is 0.325 e. The Kier molecular flexibility index (Phi) is 5.29. The molecule has 0 aliphatic rings. The predicted molar refractivity (Wildman–Crippen MR) is 78.9 cm³/mol. The Morgan fingerprint density at radius 1 is 1.24 bits per heavy atom. The number of carbonyl (C=O) groups is 2. The van der Waals surface area contributed by atoms with Gasteiger partial charge in [0.15, 0.2) is 0 Å². The van der Waals surface area contributed by atoms with Gasteiger partial charge in [-0.05, 0) is 39.8 Å². The van der Waals surface area contributed by atoms with E-state index in [1.807, 2.05) is 0 Å². The van der Waals surface area contributed by atoms with Crippen LogP contribution in [0.5, 0.6) is 0 Å². The van der Waals surface area contributed by atoms with Crippen molar-refractivity contribution in [3.63, 3.8) is 0 Å². The zero-order valence-electron chi connectivity index (χ0n) is 12.8. The molecule has 1 rings (SSSR count). The van der Waals surface area contributed by atoms with Crippen molar-refractivity contribution in [3.05, 3.63) is 30.1 Å². The lowest BCUT2D eigenvalue weighted by molar-refractivity contribution is -0.138. The number of aliphatic carboxylic acids is 1. The van der Waals surface area contributed by atoms with E-state index in [9.17, 15) is 14.0 Å². The molecule has 0 saturated heterocycles. The summed E-state index contributed by atoms with van der Waals surface area (Å²) in [5.74, 6) is -1.63. The summed E-state index contributed by atoms with van der Waals surface area (Å²) in [5, 5.41) is 8.99. The Hall–Kier alpha value is -2.11. The molecule has 0 heterocycles. The van der Waals surface area contributed by atoms with Crippen molar-refractivity contribution >= 4 is 17.7 Å². The van der Waals surface area contributed by atoms with Crippen molar-refractivity contribution in [2.45, 2.75) is 33.2 Å². The number of carboxylic acids is 1. The molecule has 21 heavy (non-hydrogen) atoms. The van der Waals surface area contributed by atoms with Crippen LogP contribution in [0, 0.1) is 5.82 Å². The molecule has 116 valence electrons. The number of amides is 2. The molecule has 0 aromatic heterocycles. The van der Waals surface area contributed by atoms with E-state index in [0.29, 0.717) is 0 Å². The Labute approximate surface area is 124 Å². The Morgan fingerprint density at radius 2 is 1.81 bits per heavy atom. The van der Waals surface area contributed by atoms with Gasteiger partial charge in [-0.3, -0.25) is 9.69 Å². The quantitative estimate of drug-likeness (QED) is 0.929. The predicted octanol–water partition coefficient (Wildman–Crippen LogP) is 2.96. The third-order valence-electron chi connectivity index (χ3n) is 3.02. The van der Waals surface area contributed by atoms with Gasteiger partial charge in [-0.15, -0.1) is 0 Å². The van der Waals surface area contributed by atoms with Crippen LogP contribution >= 0.6 is 0 Å². The van der Waals surface area contributed by atoms with Crippen LogP contribution in [0.3, 0.4) is 0 Å². The van der Waals surface area contributed by atoms with Gasteiger partial charge in [-0.25, -0.2) is 9.18 Å². The van der Waals surface area contributed by atoms with E-state index in [-0.39, 0.29) is 12.2 Å². The van der Waals surface area contributed by atoms with Crippen molar-refractivity contribution in [3.8, 4) is 0 Å². The number of benzene rings is 1. The van der Waals surface area contributed by atoms with Crippen LogP contribution < -0.4 is 4.90 Å². The molecule has 1 aromatic rings. The van der Waals surface area contributed by atoms with Gasteiger partial charge in [0.2, 0.25) is 0 Å². The van der Waals surface area contributed by atoms with Crippen molar-refractivity contribution in [2.75, 3.05) is 18.0 Å². The third-order valence-corrected chi connectivity index (χ3v) is 3.02. The number of para-hydroxylation sites is 1. The zero-order valence-corrected chi connectivity index (χ0v) is 12.8. The monoisotopic (exact) mass is 296 g/mol.